The number of rotatable bonds is 4. The Balaban J connectivity index is 1.70. The number of amidine groups is 1. The minimum absolute atomic E-state index is 0.135. The van der Waals surface area contributed by atoms with E-state index in [0.29, 0.717) is 16.6 Å². The molecule has 2 amide bonds. The van der Waals surface area contributed by atoms with E-state index in [1.165, 1.54) is 16.7 Å². The van der Waals surface area contributed by atoms with Crippen LogP contribution in [-0.4, -0.2) is 36.4 Å². The second kappa shape index (κ2) is 8.58. The number of methoxy groups -OCH3 is 1. The fourth-order valence-electron chi connectivity index (χ4n) is 2.63. The Hall–Kier alpha value is -2.32. The number of imide groups is 1. The smallest absolute Gasteiger partial charge is 0.247 e. The van der Waals surface area contributed by atoms with E-state index in [2.05, 4.69) is 26.2 Å². The zero-order chi connectivity index (χ0) is 19.4. The molecule has 27 heavy (non-hydrogen) atoms. The summed E-state index contributed by atoms with van der Waals surface area (Å²) in [6.07, 6.45) is 0.135. The summed E-state index contributed by atoms with van der Waals surface area (Å²) in [5, 5.41) is 3.25. The summed E-state index contributed by atoms with van der Waals surface area (Å²) < 4.78 is 6.09. The summed E-state index contributed by atoms with van der Waals surface area (Å²) in [6.45, 7) is 0. The Labute approximate surface area is 170 Å². The van der Waals surface area contributed by atoms with Gasteiger partial charge in [0.2, 0.25) is 11.8 Å². The summed E-state index contributed by atoms with van der Waals surface area (Å²) in [5.74, 6) is 0.207. The van der Waals surface area contributed by atoms with Gasteiger partial charge in [0.15, 0.2) is 5.17 Å². The molecular weight excluding hydrogens is 430 g/mol. The van der Waals surface area contributed by atoms with Gasteiger partial charge in [0.05, 0.1) is 12.8 Å². The molecule has 1 fully saturated rings. The van der Waals surface area contributed by atoms with Crippen molar-refractivity contribution in [3.63, 3.8) is 0 Å². The first-order valence-corrected chi connectivity index (χ1v) is 9.86. The molecule has 1 heterocycles. The largest absolute Gasteiger partial charge is 0.497 e. The number of halogens is 1. The standard InChI is InChI=1S/C19H18BrN3O3S/c1-21-19(22-13-5-3-12(20)4-6-13)27-16-11-17(24)23(18(16)25)14-7-9-15(26-2)10-8-14/h3-10,16H,11H2,1-2H3,(H,21,22)/t16-/m0/s1. The topological polar surface area (TPSA) is 71.0 Å². The van der Waals surface area contributed by atoms with Crippen molar-refractivity contribution in [2.24, 2.45) is 4.99 Å². The third-order valence-corrected chi connectivity index (χ3v) is 5.68. The number of nitrogens with one attached hydrogen (secondary N) is 1. The molecule has 0 radical (unpaired) electrons. The lowest BCUT2D eigenvalue weighted by molar-refractivity contribution is -0.121. The van der Waals surface area contributed by atoms with Crippen molar-refractivity contribution in [3.05, 3.63) is 53.0 Å². The molecule has 140 valence electrons. The van der Waals surface area contributed by atoms with Crippen LogP contribution in [0, 0.1) is 0 Å². The maximum Gasteiger partial charge on any atom is 0.247 e. The molecule has 0 spiro atoms. The maximum atomic E-state index is 12.8. The molecule has 2 aromatic carbocycles. The van der Waals surface area contributed by atoms with Gasteiger partial charge in [-0.15, -0.1) is 0 Å². The van der Waals surface area contributed by atoms with E-state index < -0.39 is 5.25 Å². The molecule has 6 nitrogen and oxygen atoms in total. The Morgan fingerprint density at radius 1 is 1.19 bits per heavy atom. The Kier molecular flexibility index (Phi) is 6.18. The Bertz CT molecular complexity index is 869. The van der Waals surface area contributed by atoms with Crippen LogP contribution in [0.3, 0.4) is 0 Å². The van der Waals surface area contributed by atoms with Crippen molar-refractivity contribution < 1.29 is 14.3 Å². The monoisotopic (exact) mass is 447 g/mol. The van der Waals surface area contributed by atoms with Crippen molar-refractivity contribution in [1.82, 2.24) is 0 Å². The normalized spacial score (nSPS) is 17.4. The lowest BCUT2D eigenvalue weighted by Gasteiger charge is -2.16. The predicted octanol–water partition coefficient (Wildman–Crippen LogP) is 3.92. The van der Waals surface area contributed by atoms with E-state index in [1.54, 1.807) is 38.4 Å². The summed E-state index contributed by atoms with van der Waals surface area (Å²) in [5.41, 5.74) is 1.40. The van der Waals surface area contributed by atoms with E-state index >= 15 is 0 Å². The molecule has 1 N–H and O–H groups in total. The molecular formula is C19H18BrN3O3S. The van der Waals surface area contributed by atoms with Crippen LogP contribution in [0.5, 0.6) is 5.75 Å². The molecule has 0 aromatic heterocycles. The molecule has 8 heteroatoms. The van der Waals surface area contributed by atoms with Gasteiger partial charge < -0.3 is 10.1 Å². The van der Waals surface area contributed by atoms with Crippen molar-refractivity contribution in [2.45, 2.75) is 11.7 Å². The number of carbonyl (C=O) groups excluding carboxylic acids is 2. The van der Waals surface area contributed by atoms with Gasteiger partial charge in [-0.1, -0.05) is 27.7 Å². The van der Waals surface area contributed by atoms with Gasteiger partial charge in [0.1, 0.15) is 11.0 Å². The lowest BCUT2D eigenvalue weighted by atomic mass is 10.3. The summed E-state index contributed by atoms with van der Waals surface area (Å²) in [4.78, 5) is 30.6. The minimum atomic E-state index is -0.513. The number of carbonyl (C=O) groups is 2. The summed E-state index contributed by atoms with van der Waals surface area (Å²) in [7, 11) is 3.22. The molecule has 1 aliphatic rings. The van der Waals surface area contributed by atoms with Crippen LogP contribution >= 0.6 is 27.7 Å². The molecule has 0 saturated carbocycles. The van der Waals surface area contributed by atoms with E-state index in [1.807, 2.05) is 24.3 Å². The quantitative estimate of drug-likeness (QED) is 0.436. The van der Waals surface area contributed by atoms with Crippen molar-refractivity contribution in [1.29, 1.82) is 0 Å². The van der Waals surface area contributed by atoms with Gasteiger partial charge in [-0.2, -0.15) is 0 Å². The molecule has 1 atom stereocenters. The average Bonchev–Trinajstić information content (AvgIpc) is 2.96. The molecule has 1 saturated heterocycles. The highest BCUT2D eigenvalue weighted by atomic mass is 79.9. The number of thioether (sulfide) groups is 1. The number of anilines is 2. The lowest BCUT2D eigenvalue weighted by Crippen LogP contribution is -2.31. The van der Waals surface area contributed by atoms with Crippen LogP contribution in [-0.2, 0) is 9.59 Å². The van der Waals surface area contributed by atoms with Crippen LogP contribution in [0.1, 0.15) is 6.42 Å². The number of aliphatic imine (C=N–C) groups is 1. The first-order chi connectivity index (χ1) is 13.0. The van der Waals surface area contributed by atoms with Crippen LogP contribution in [0.15, 0.2) is 58.0 Å². The summed E-state index contributed by atoms with van der Waals surface area (Å²) >= 11 is 4.65. The van der Waals surface area contributed by atoms with Gasteiger partial charge in [-0.3, -0.25) is 14.6 Å². The Morgan fingerprint density at radius 2 is 1.85 bits per heavy atom. The van der Waals surface area contributed by atoms with Gasteiger partial charge >= 0.3 is 0 Å². The van der Waals surface area contributed by atoms with E-state index in [9.17, 15) is 9.59 Å². The SMILES string of the molecule is CN=C(Nc1ccc(Br)cc1)S[C@H]1CC(=O)N(c2ccc(OC)cc2)C1=O. The second-order valence-corrected chi connectivity index (χ2v) is 7.84. The predicted molar refractivity (Wildman–Crippen MR) is 113 cm³/mol. The highest BCUT2D eigenvalue weighted by Gasteiger charge is 2.40. The Morgan fingerprint density at radius 3 is 2.44 bits per heavy atom. The summed E-state index contributed by atoms with van der Waals surface area (Å²) in [6, 6.07) is 14.5. The molecule has 1 aliphatic heterocycles. The highest BCUT2D eigenvalue weighted by Crippen LogP contribution is 2.31. The fourth-order valence-corrected chi connectivity index (χ4v) is 3.88. The highest BCUT2D eigenvalue weighted by molar-refractivity contribution is 9.10. The first-order valence-electron chi connectivity index (χ1n) is 8.18. The minimum Gasteiger partial charge on any atom is -0.497 e. The van der Waals surface area contributed by atoms with Crippen LogP contribution in [0.25, 0.3) is 0 Å². The van der Waals surface area contributed by atoms with Crippen LogP contribution < -0.4 is 15.0 Å². The van der Waals surface area contributed by atoms with Crippen LogP contribution in [0.4, 0.5) is 11.4 Å². The average molecular weight is 448 g/mol. The molecule has 0 aliphatic carbocycles. The molecule has 3 rings (SSSR count). The number of benzene rings is 2. The second-order valence-electron chi connectivity index (χ2n) is 5.74. The van der Waals surface area contributed by atoms with Gasteiger partial charge in [0.25, 0.3) is 0 Å². The number of hydrogen-bond donors (Lipinski definition) is 1. The van der Waals surface area contributed by atoms with E-state index in [-0.39, 0.29) is 18.2 Å². The molecule has 2 aromatic rings. The third kappa shape index (κ3) is 4.51. The fraction of sp³-hybridized carbons (Fsp3) is 0.211. The van der Waals surface area contributed by atoms with E-state index in [0.717, 1.165) is 10.2 Å². The zero-order valence-corrected chi connectivity index (χ0v) is 17.2. The number of amides is 2. The van der Waals surface area contributed by atoms with Gasteiger partial charge in [0, 0.05) is 23.6 Å². The first kappa shape index (κ1) is 19.4. The third-order valence-electron chi connectivity index (χ3n) is 3.99. The zero-order valence-electron chi connectivity index (χ0n) is 14.8. The maximum absolute atomic E-state index is 12.8. The number of nitrogens with zero attached hydrogens (tertiary/aromatic N) is 2. The van der Waals surface area contributed by atoms with Gasteiger partial charge in [-0.05, 0) is 48.5 Å². The molecule has 0 unspecified atom stereocenters. The van der Waals surface area contributed by atoms with Crippen LogP contribution in [0.2, 0.25) is 0 Å². The van der Waals surface area contributed by atoms with Gasteiger partial charge in [-0.25, -0.2) is 4.90 Å². The number of hydrogen-bond acceptors (Lipinski definition) is 5. The molecule has 0 bridgehead atoms. The number of ether oxygens (including phenoxy) is 1. The van der Waals surface area contributed by atoms with E-state index in [4.69, 9.17) is 4.74 Å². The van der Waals surface area contributed by atoms with Crippen molar-refractivity contribution in [3.8, 4) is 5.75 Å². The van der Waals surface area contributed by atoms with Crippen molar-refractivity contribution >= 4 is 56.0 Å². The van der Waals surface area contributed by atoms with Crippen molar-refractivity contribution in [2.75, 3.05) is 24.4 Å².